The van der Waals surface area contributed by atoms with E-state index in [4.69, 9.17) is 5.11 Å². The fourth-order valence-electron chi connectivity index (χ4n) is 1.61. The van der Waals surface area contributed by atoms with Crippen LogP contribution < -0.4 is 4.72 Å². The number of aliphatic hydroxyl groups is 1. The zero-order chi connectivity index (χ0) is 13.9. The first-order chi connectivity index (χ1) is 9.05. The maximum Gasteiger partial charge on any atom is 0.262 e. The average Bonchev–Trinajstić information content (AvgIpc) is 2.85. The van der Waals surface area contributed by atoms with Crippen LogP contribution in [0.2, 0.25) is 0 Å². The second kappa shape index (κ2) is 5.41. The summed E-state index contributed by atoms with van der Waals surface area (Å²) in [6.07, 6.45) is 3.07. The van der Waals surface area contributed by atoms with E-state index in [2.05, 4.69) is 9.82 Å². The highest BCUT2D eigenvalue weighted by Gasteiger charge is 2.15. The Morgan fingerprint density at radius 3 is 2.84 bits per heavy atom. The minimum absolute atomic E-state index is 0.114. The quantitative estimate of drug-likeness (QED) is 0.862. The number of rotatable bonds is 5. The number of benzene rings is 1. The molecule has 1 aromatic carbocycles. The summed E-state index contributed by atoms with van der Waals surface area (Å²) in [5.74, 6) is 0. The molecule has 0 saturated carbocycles. The van der Waals surface area contributed by atoms with Gasteiger partial charge in [0.1, 0.15) is 0 Å². The number of nitrogens with one attached hydrogen (secondary N) is 1. The lowest BCUT2D eigenvalue weighted by Gasteiger charge is -2.06. The molecule has 0 radical (unpaired) electrons. The molecular weight excluding hydrogens is 266 g/mol. The fraction of sp³-hybridized carbons (Fsp3) is 0.250. The Morgan fingerprint density at radius 2 is 2.21 bits per heavy atom. The van der Waals surface area contributed by atoms with Gasteiger partial charge in [-0.25, -0.2) is 8.42 Å². The zero-order valence-electron chi connectivity index (χ0n) is 10.4. The van der Waals surface area contributed by atoms with Crippen LogP contribution in [0.5, 0.6) is 0 Å². The van der Waals surface area contributed by atoms with Gasteiger partial charge in [-0.2, -0.15) is 5.10 Å². The van der Waals surface area contributed by atoms with Gasteiger partial charge < -0.3 is 5.11 Å². The lowest BCUT2D eigenvalue weighted by Crippen LogP contribution is -2.12. The number of anilines is 1. The number of nitrogens with zero attached hydrogens (tertiary/aromatic N) is 2. The molecule has 0 bridgehead atoms. The molecule has 7 heteroatoms. The Balaban J connectivity index is 2.26. The lowest BCUT2D eigenvalue weighted by molar-refractivity contribution is 0.281. The van der Waals surface area contributed by atoms with Crippen LogP contribution in [0.4, 0.5) is 5.69 Å². The Kier molecular flexibility index (Phi) is 3.87. The van der Waals surface area contributed by atoms with Crippen molar-refractivity contribution in [1.82, 2.24) is 9.78 Å². The second-order valence-corrected chi connectivity index (χ2v) is 5.68. The monoisotopic (exact) mass is 281 g/mol. The SMILES string of the molecule is CCn1cc(NS(=O)(=O)c2cccc(CO)c2)cn1. The van der Waals surface area contributed by atoms with Crippen molar-refractivity contribution in [1.29, 1.82) is 0 Å². The van der Waals surface area contributed by atoms with E-state index in [0.717, 1.165) is 0 Å². The second-order valence-electron chi connectivity index (χ2n) is 4.00. The average molecular weight is 281 g/mol. The fourth-order valence-corrected chi connectivity index (χ4v) is 2.71. The third-order valence-electron chi connectivity index (χ3n) is 2.60. The van der Waals surface area contributed by atoms with Gasteiger partial charge in [0.05, 0.1) is 23.4 Å². The van der Waals surface area contributed by atoms with Gasteiger partial charge in [-0.05, 0) is 24.6 Å². The van der Waals surface area contributed by atoms with Crippen LogP contribution in [-0.4, -0.2) is 23.3 Å². The van der Waals surface area contributed by atoms with Crippen molar-refractivity contribution in [2.75, 3.05) is 4.72 Å². The van der Waals surface area contributed by atoms with Gasteiger partial charge in [-0.3, -0.25) is 9.40 Å². The number of aromatic nitrogens is 2. The van der Waals surface area contributed by atoms with Crippen LogP contribution in [0.15, 0.2) is 41.6 Å². The topological polar surface area (TPSA) is 84.2 Å². The molecule has 6 nitrogen and oxygen atoms in total. The highest BCUT2D eigenvalue weighted by molar-refractivity contribution is 7.92. The molecule has 0 unspecified atom stereocenters. The standard InChI is InChI=1S/C12H15N3O3S/c1-2-15-8-11(7-13-15)14-19(17,18)12-5-3-4-10(6-12)9-16/h3-8,14,16H,2,9H2,1H3. The summed E-state index contributed by atoms with van der Waals surface area (Å²) in [6.45, 7) is 2.38. The molecule has 2 rings (SSSR count). The van der Waals surface area contributed by atoms with Crippen molar-refractivity contribution < 1.29 is 13.5 Å². The van der Waals surface area contributed by atoms with Crippen LogP contribution in [0.1, 0.15) is 12.5 Å². The normalized spacial score (nSPS) is 11.5. The van der Waals surface area contributed by atoms with Crippen molar-refractivity contribution in [2.45, 2.75) is 25.0 Å². The number of hydrogen-bond acceptors (Lipinski definition) is 4. The summed E-state index contributed by atoms with van der Waals surface area (Å²) in [7, 11) is -3.66. The van der Waals surface area contributed by atoms with Gasteiger partial charge in [-0.15, -0.1) is 0 Å². The molecule has 2 aromatic rings. The van der Waals surface area contributed by atoms with Gasteiger partial charge in [0.15, 0.2) is 0 Å². The van der Waals surface area contributed by atoms with Gasteiger partial charge >= 0.3 is 0 Å². The zero-order valence-corrected chi connectivity index (χ0v) is 11.3. The number of aliphatic hydroxyl groups excluding tert-OH is 1. The maximum atomic E-state index is 12.1. The minimum atomic E-state index is -3.66. The summed E-state index contributed by atoms with van der Waals surface area (Å²) in [6, 6.07) is 6.17. The van der Waals surface area contributed by atoms with Gasteiger partial charge in [-0.1, -0.05) is 12.1 Å². The van der Waals surface area contributed by atoms with E-state index >= 15 is 0 Å². The summed E-state index contributed by atoms with van der Waals surface area (Å²) in [5, 5.41) is 13.0. The molecule has 0 aliphatic rings. The first kappa shape index (κ1) is 13.6. The molecule has 0 atom stereocenters. The molecule has 1 aromatic heterocycles. The highest BCUT2D eigenvalue weighted by atomic mass is 32.2. The van der Waals surface area contributed by atoms with Crippen LogP contribution in [0, 0.1) is 0 Å². The first-order valence-electron chi connectivity index (χ1n) is 5.80. The third kappa shape index (κ3) is 3.12. The van der Waals surface area contributed by atoms with Crippen molar-refractivity contribution in [3.05, 3.63) is 42.2 Å². The largest absolute Gasteiger partial charge is 0.392 e. The van der Waals surface area contributed by atoms with Crippen molar-refractivity contribution in [3.8, 4) is 0 Å². The van der Waals surface area contributed by atoms with Crippen molar-refractivity contribution in [3.63, 3.8) is 0 Å². The number of hydrogen-bond donors (Lipinski definition) is 2. The first-order valence-corrected chi connectivity index (χ1v) is 7.28. The lowest BCUT2D eigenvalue weighted by atomic mass is 10.2. The molecule has 0 saturated heterocycles. The van der Waals surface area contributed by atoms with E-state index in [1.165, 1.54) is 18.3 Å². The van der Waals surface area contributed by atoms with Crippen LogP contribution in [0.25, 0.3) is 0 Å². The molecule has 2 N–H and O–H groups in total. The predicted octanol–water partition coefficient (Wildman–Crippen LogP) is 1.20. The summed E-state index contributed by atoms with van der Waals surface area (Å²) in [4.78, 5) is 0.114. The van der Waals surface area contributed by atoms with E-state index in [1.807, 2.05) is 6.92 Å². The smallest absolute Gasteiger partial charge is 0.262 e. The van der Waals surface area contributed by atoms with Crippen LogP contribution in [-0.2, 0) is 23.2 Å². The molecule has 19 heavy (non-hydrogen) atoms. The number of aryl methyl sites for hydroxylation is 1. The predicted molar refractivity (Wildman–Crippen MR) is 71.1 cm³/mol. The summed E-state index contributed by atoms with van der Waals surface area (Å²) in [5.41, 5.74) is 0.961. The van der Waals surface area contributed by atoms with Crippen LogP contribution >= 0.6 is 0 Å². The molecule has 102 valence electrons. The molecule has 0 fully saturated rings. The summed E-state index contributed by atoms with van der Waals surface area (Å²) < 4.78 is 28.3. The van der Waals surface area contributed by atoms with E-state index in [1.54, 1.807) is 23.0 Å². The van der Waals surface area contributed by atoms with Gasteiger partial charge in [0, 0.05) is 12.7 Å². The Labute approximate surface area is 111 Å². The third-order valence-corrected chi connectivity index (χ3v) is 3.98. The Hall–Kier alpha value is -1.86. The molecule has 0 amide bonds. The summed E-state index contributed by atoms with van der Waals surface area (Å²) >= 11 is 0. The molecule has 0 aliphatic heterocycles. The minimum Gasteiger partial charge on any atom is -0.392 e. The maximum absolute atomic E-state index is 12.1. The van der Waals surface area contributed by atoms with E-state index in [0.29, 0.717) is 17.8 Å². The number of sulfonamides is 1. The van der Waals surface area contributed by atoms with E-state index in [9.17, 15) is 8.42 Å². The van der Waals surface area contributed by atoms with E-state index < -0.39 is 10.0 Å². The molecular formula is C12H15N3O3S. The van der Waals surface area contributed by atoms with Crippen LogP contribution in [0.3, 0.4) is 0 Å². The Morgan fingerprint density at radius 1 is 1.42 bits per heavy atom. The highest BCUT2D eigenvalue weighted by Crippen LogP contribution is 2.16. The van der Waals surface area contributed by atoms with Crippen molar-refractivity contribution in [2.24, 2.45) is 0 Å². The molecule has 0 spiro atoms. The van der Waals surface area contributed by atoms with Crippen molar-refractivity contribution >= 4 is 15.7 Å². The van der Waals surface area contributed by atoms with Gasteiger partial charge in [0.2, 0.25) is 0 Å². The van der Waals surface area contributed by atoms with E-state index in [-0.39, 0.29) is 11.5 Å². The molecule has 0 aliphatic carbocycles. The van der Waals surface area contributed by atoms with Gasteiger partial charge in [0.25, 0.3) is 10.0 Å². The molecule has 1 heterocycles. The Bertz CT molecular complexity index is 664.